The van der Waals surface area contributed by atoms with E-state index < -0.39 is 23.6 Å². The molecule has 0 radical (unpaired) electrons. The molecule has 0 saturated carbocycles. The van der Waals surface area contributed by atoms with E-state index in [1.807, 2.05) is 0 Å². The quantitative estimate of drug-likeness (QED) is 0.216. The first-order chi connectivity index (χ1) is 19.9. The van der Waals surface area contributed by atoms with E-state index in [1.165, 1.54) is 25.1 Å². The van der Waals surface area contributed by atoms with Crippen LogP contribution in [0.5, 0.6) is 11.6 Å². The summed E-state index contributed by atoms with van der Waals surface area (Å²) in [5, 5.41) is 16.1. The zero-order valence-corrected chi connectivity index (χ0v) is 23.1. The molecule has 3 heterocycles. The zero-order chi connectivity index (χ0) is 29.0. The Hall–Kier alpha value is -4.06. The number of carbonyl (C=O) groups is 1. The topological polar surface area (TPSA) is 122 Å². The molecule has 3 N–H and O–H groups in total. The van der Waals surface area contributed by atoms with Crippen molar-refractivity contribution in [2.75, 3.05) is 50.5 Å². The van der Waals surface area contributed by atoms with Crippen LogP contribution >= 0.6 is 0 Å². The van der Waals surface area contributed by atoms with Crippen LogP contribution in [-0.4, -0.2) is 76.9 Å². The maximum Gasteiger partial charge on any atom is 0.326 e. The highest BCUT2D eigenvalue weighted by Crippen LogP contribution is 2.20. The third-order valence-electron chi connectivity index (χ3n) is 6.81. The highest BCUT2D eigenvalue weighted by Gasteiger charge is 2.20. The second-order valence-corrected chi connectivity index (χ2v) is 9.86. The predicted molar refractivity (Wildman–Crippen MR) is 151 cm³/mol. The van der Waals surface area contributed by atoms with Crippen LogP contribution in [0.15, 0.2) is 42.7 Å². The molecule has 3 aromatic rings. The zero-order valence-electron chi connectivity index (χ0n) is 23.1. The molecule has 1 atom stereocenters. The van der Waals surface area contributed by atoms with Crippen LogP contribution in [0.3, 0.4) is 0 Å². The van der Waals surface area contributed by atoms with Crippen LogP contribution < -0.4 is 20.1 Å². The minimum Gasteiger partial charge on any atom is -0.492 e. The average Bonchev–Trinajstić information content (AvgIpc) is 2.96. The number of aliphatic carboxylic acids is 1. The molecule has 0 aliphatic carbocycles. The van der Waals surface area contributed by atoms with Gasteiger partial charge in [-0.15, -0.1) is 0 Å². The highest BCUT2D eigenvalue weighted by molar-refractivity contribution is 5.76. The number of hydrogen-bond donors (Lipinski definition) is 3. The number of unbranched alkanes of at least 4 members (excludes halogenated alkanes) is 1. The minimum absolute atomic E-state index is 0.109. The molecule has 41 heavy (non-hydrogen) atoms. The number of aryl methyl sites for hydroxylation is 2. The Morgan fingerprint density at radius 2 is 1.95 bits per heavy atom. The van der Waals surface area contributed by atoms with Crippen molar-refractivity contribution in [3.05, 3.63) is 65.6 Å². The number of nitrogens with zero attached hydrogens (tertiary/aromatic N) is 4. The van der Waals surface area contributed by atoms with Gasteiger partial charge in [-0.3, -0.25) is 4.90 Å². The van der Waals surface area contributed by atoms with Gasteiger partial charge in [0.25, 0.3) is 0 Å². The molecular formula is C29H36F2N6O4. The Bertz CT molecular complexity index is 1260. The van der Waals surface area contributed by atoms with E-state index in [9.17, 15) is 18.7 Å². The number of nitrogens with one attached hydrogen (secondary N) is 2. The van der Waals surface area contributed by atoms with Crippen LogP contribution in [0.25, 0.3) is 0 Å². The lowest BCUT2D eigenvalue weighted by Crippen LogP contribution is -2.37. The lowest BCUT2D eigenvalue weighted by Gasteiger charge is -2.24. The van der Waals surface area contributed by atoms with E-state index in [0.717, 1.165) is 68.4 Å². The summed E-state index contributed by atoms with van der Waals surface area (Å²) in [5.74, 6) is -0.685. The number of carboxylic acids is 1. The Morgan fingerprint density at radius 3 is 2.68 bits per heavy atom. The number of halogens is 2. The largest absolute Gasteiger partial charge is 0.492 e. The van der Waals surface area contributed by atoms with Gasteiger partial charge in [0.05, 0.1) is 19.5 Å². The number of anilines is 2. The third kappa shape index (κ3) is 9.52. The van der Waals surface area contributed by atoms with Crippen LogP contribution in [0.4, 0.5) is 20.4 Å². The standard InChI is InChI=1S/C29H36F2N6O4/c1-40-27-19-33-26(18-34-27)36-25(29(38)39)9-12-37(13-14-41-24-16-21(30)15-22(31)17-24)11-3-2-6-23-8-7-20-5-4-10-32-28(20)35-23/h7-8,15-19,25H,2-6,9-14H2,1H3,(H,32,35)(H,33,36)(H,38,39). The number of methoxy groups -OCH3 is 1. The van der Waals surface area contributed by atoms with Gasteiger partial charge in [-0.2, -0.15) is 0 Å². The summed E-state index contributed by atoms with van der Waals surface area (Å²) in [5.41, 5.74) is 2.29. The van der Waals surface area contributed by atoms with Gasteiger partial charge in [0, 0.05) is 43.5 Å². The van der Waals surface area contributed by atoms with Crippen molar-refractivity contribution in [3.63, 3.8) is 0 Å². The number of hydrogen-bond acceptors (Lipinski definition) is 9. The Morgan fingerprint density at radius 1 is 1.12 bits per heavy atom. The van der Waals surface area contributed by atoms with Gasteiger partial charge in [0.1, 0.15) is 41.7 Å². The van der Waals surface area contributed by atoms with Gasteiger partial charge in [-0.05, 0) is 56.7 Å². The van der Waals surface area contributed by atoms with Crippen LogP contribution in [-0.2, 0) is 17.6 Å². The lowest BCUT2D eigenvalue weighted by atomic mass is 10.1. The molecule has 0 bridgehead atoms. The van der Waals surface area contributed by atoms with Crippen molar-refractivity contribution >= 4 is 17.6 Å². The minimum atomic E-state index is -1.01. The average molecular weight is 571 g/mol. The van der Waals surface area contributed by atoms with Gasteiger partial charge in [-0.25, -0.2) is 28.5 Å². The summed E-state index contributed by atoms with van der Waals surface area (Å²) in [4.78, 5) is 27.0. The first-order valence-electron chi connectivity index (χ1n) is 13.8. The van der Waals surface area contributed by atoms with E-state index in [-0.39, 0.29) is 18.8 Å². The first-order valence-corrected chi connectivity index (χ1v) is 13.8. The maximum absolute atomic E-state index is 13.5. The molecule has 0 fully saturated rings. The molecule has 10 nitrogen and oxygen atoms in total. The number of ether oxygens (including phenoxy) is 2. The molecule has 2 aromatic heterocycles. The van der Waals surface area contributed by atoms with Crippen molar-refractivity contribution in [1.29, 1.82) is 0 Å². The Balaban J connectivity index is 1.32. The van der Waals surface area contributed by atoms with Crippen molar-refractivity contribution in [1.82, 2.24) is 19.9 Å². The van der Waals surface area contributed by atoms with Crippen LogP contribution in [0.2, 0.25) is 0 Å². The predicted octanol–water partition coefficient (Wildman–Crippen LogP) is 4.18. The Labute approximate surface area is 238 Å². The van der Waals surface area contributed by atoms with E-state index in [4.69, 9.17) is 14.5 Å². The van der Waals surface area contributed by atoms with E-state index >= 15 is 0 Å². The van der Waals surface area contributed by atoms with Gasteiger partial charge >= 0.3 is 5.97 Å². The molecule has 4 rings (SSSR count). The highest BCUT2D eigenvalue weighted by atomic mass is 19.1. The summed E-state index contributed by atoms with van der Waals surface area (Å²) in [6.07, 6.45) is 7.87. The molecule has 1 unspecified atom stereocenters. The van der Waals surface area contributed by atoms with Crippen molar-refractivity contribution < 1.29 is 28.2 Å². The van der Waals surface area contributed by atoms with E-state index in [2.05, 4.69) is 37.6 Å². The van der Waals surface area contributed by atoms with Crippen molar-refractivity contribution in [3.8, 4) is 11.6 Å². The molecule has 220 valence electrons. The van der Waals surface area contributed by atoms with E-state index in [1.54, 1.807) is 0 Å². The Kier molecular flexibility index (Phi) is 11.0. The number of fused-ring (bicyclic) bond motifs is 1. The fraction of sp³-hybridized carbons (Fsp3) is 0.448. The van der Waals surface area contributed by atoms with Crippen molar-refractivity contribution in [2.24, 2.45) is 0 Å². The number of pyridine rings is 1. The summed E-state index contributed by atoms with van der Waals surface area (Å²) < 4.78 is 37.7. The third-order valence-corrected chi connectivity index (χ3v) is 6.81. The second-order valence-electron chi connectivity index (χ2n) is 9.86. The molecule has 0 amide bonds. The van der Waals surface area contributed by atoms with Crippen LogP contribution in [0.1, 0.15) is 36.9 Å². The van der Waals surface area contributed by atoms with Gasteiger partial charge < -0.3 is 25.2 Å². The molecule has 0 saturated heterocycles. The second kappa shape index (κ2) is 15.1. The number of benzene rings is 1. The van der Waals surface area contributed by atoms with Gasteiger partial charge in [-0.1, -0.05) is 6.07 Å². The summed E-state index contributed by atoms with van der Waals surface area (Å²) >= 11 is 0. The molecule has 12 heteroatoms. The van der Waals surface area contributed by atoms with Gasteiger partial charge in [0.2, 0.25) is 5.88 Å². The first kappa shape index (κ1) is 29.9. The van der Waals surface area contributed by atoms with Gasteiger partial charge in [0.15, 0.2) is 0 Å². The van der Waals surface area contributed by atoms with Crippen molar-refractivity contribution in [2.45, 2.75) is 44.6 Å². The maximum atomic E-state index is 13.5. The summed E-state index contributed by atoms with van der Waals surface area (Å²) in [6, 6.07) is 6.39. The number of rotatable bonds is 16. The number of carboxylic acid groups (broad SMARTS) is 1. The smallest absolute Gasteiger partial charge is 0.326 e. The van der Waals surface area contributed by atoms with E-state index in [0.29, 0.717) is 31.3 Å². The molecule has 1 aromatic carbocycles. The monoisotopic (exact) mass is 570 g/mol. The lowest BCUT2D eigenvalue weighted by molar-refractivity contribution is -0.138. The number of aromatic nitrogens is 3. The summed E-state index contributed by atoms with van der Waals surface area (Å²) in [7, 11) is 1.47. The molecular weight excluding hydrogens is 534 g/mol. The van der Waals surface area contributed by atoms with Crippen LogP contribution in [0, 0.1) is 11.6 Å². The normalized spacial score (nSPS) is 13.3. The fourth-order valence-corrected chi connectivity index (χ4v) is 4.63. The molecule has 1 aliphatic heterocycles. The fourth-order valence-electron chi connectivity index (χ4n) is 4.63. The summed E-state index contributed by atoms with van der Waals surface area (Å²) in [6.45, 7) is 2.73. The molecule has 1 aliphatic rings. The SMILES string of the molecule is COc1cnc(NC(CCN(CCCCc2ccc3c(n2)NCCC3)CCOc2cc(F)cc(F)c2)C(=O)O)cn1. The molecule has 0 spiro atoms.